The van der Waals surface area contributed by atoms with Crippen LogP contribution in [0.15, 0.2) is 85.1 Å². The number of carbonyl (C=O) groups is 2. The third kappa shape index (κ3) is 68.2. The summed E-state index contributed by atoms with van der Waals surface area (Å²) < 4.78 is 33.1. The largest absolute Gasteiger partial charge is 0.472 e. The number of carbonyl (C=O) groups excluding carboxylic acids is 2. The van der Waals surface area contributed by atoms with Crippen molar-refractivity contribution in [2.24, 2.45) is 5.73 Å². The maximum absolute atomic E-state index is 12.7. The van der Waals surface area contributed by atoms with Crippen LogP contribution in [0.25, 0.3) is 0 Å². The second-order valence-corrected chi connectivity index (χ2v) is 24.8. The predicted octanol–water partition coefficient (Wildman–Crippen LogP) is 23.0. The van der Waals surface area contributed by atoms with Gasteiger partial charge >= 0.3 is 19.8 Å². The van der Waals surface area contributed by atoms with E-state index in [0.29, 0.717) is 6.42 Å². The Labute approximate surface area is 513 Å². The fourth-order valence-corrected chi connectivity index (χ4v) is 10.9. The van der Waals surface area contributed by atoms with Crippen LogP contribution in [-0.2, 0) is 32.7 Å². The summed E-state index contributed by atoms with van der Waals surface area (Å²) in [5, 5.41) is 0. The van der Waals surface area contributed by atoms with Crippen LogP contribution in [0.3, 0.4) is 0 Å². The Morgan fingerprint density at radius 3 is 0.988 bits per heavy atom. The van der Waals surface area contributed by atoms with Gasteiger partial charge in [-0.3, -0.25) is 18.6 Å². The number of ether oxygens (including phenoxy) is 2. The van der Waals surface area contributed by atoms with E-state index in [9.17, 15) is 19.0 Å². The van der Waals surface area contributed by atoms with E-state index in [1.54, 1.807) is 0 Å². The van der Waals surface area contributed by atoms with Gasteiger partial charge in [-0.15, -0.1) is 0 Å². The molecular formula is C73H132NO8P. The van der Waals surface area contributed by atoms with Crippen LogP contribution in [0.2, 0.25) is 0 Å². The van der Waals surface area contributed by atoms with Crippen molar-refractivity contribution >= 4 is 19.8 Å². The number of phosphoric acid groups is 1. The summed E-state index contributed by atoms with van der Waals surface area (Å²) in [6.45, 7) is 3.64. The molecule has 0 rings (SSSR count). The molecule has 10 heteroatoms. The quantitative estimate of drug-likeness (QED) is 0.0264. The summed E-state index contributed by atoms with van der Waals surface area (Å²) in [6.07, 6.45) is 91.2. The molecule has 3 N–H and O–H groups in total. The minimum absolute atomic E-state index is 0.0503. The summed E-state index contributed by atoms with van der Waals surface area (Å²) in [5.74, 6) is -0.827. The van der Waals surface area contributed by atoms with Crippen molar-refractivity contribution in [2.75, 3.05) is 26.4 Å². The number of unbranched alkanes of at least 4 members (excludes halogenated alkanes) is 39. The Balaban J connectivity index is 3.77. The summed E-state index contributed by atoms with van der Waals surface area (Å²) in [5.41, 5.74) is 5.39. The van der Waals surface area contributed by atoms with E-state index in [0.717, 1.165) is 83.5 Å². The number of esters is 2. The smallest absolute Gasteiger partial charge is 0.462 e. The van der Waals surface area contributed by atoms with Crippen LogP contribution < -0.4 is 5.73 Å². The molecule has 0 radical (unpaired) electrons. The molecule has 0 aromatic heterocycles. The number of nitrogens with two attached hydrogens (primary N) is 1. The normalized spacial score (nSPS) is 13.4. The molecule has 0 aliphatic carbocycles. The third-order valence-corrected chi connectivity index (χ3v) is 16.2. The van der Waals surface area contributed by atoms with E-state index in [1.807, 2.05) is 0 Å². The molecule has 0 amide bonds. The Morgan fingerprint density at radius 2 is 0.663 bits per heavy atom. The molecule has 0 spiro atoms. The molecule has 0 saturated carbocycles. The van der Waals surface area contributed by atoms with Gasteiger partial charge in [-0.05, 0) is 89.9 Å². The molecule has 2 atom stereocenters. The highest BCUT2D eigenvalue weighted by Crippen LogP contribution is 2.43. The summed E-state index contributed by atoms with van der Waals surface area (Å²) in [7, 11) is -4.40. The molecule has 0 aliphatic rings. The fraction of sp³-hybridized carbons (Fsp3) is 0.781. The van der Waals surface area contributed by atoms with Gasteiger partial charge in [0.1, 0.15) is 6.61 Å². The van der Waals surface area contributed by atoms with Crippen LogP contribution in [0.4, 0.5) is 0 Å². The number of phosphoric ester groups is 1. The Morgan fingerprint density at radius 1 is 0.373 bits per heavy atom. The van der Waals surface area contributed by atoms with E-state index in [4.69, 9.17) is 24.3 Å². The summed E-state index contributed by atoms with van der Waals surface area (Å²) >= 11 is 0. The first kappa shape index (κ1) is 80.2. The van der Waals surface area contributed by atoms with Crippen molar-refractivity contribution in [1.29, 1.82) is 0 Å². The SMILES string of the molecule is CC/C=C\C/C=C\C/C=C\C/C=C\CCCCCCCCCCC(=O)OC(COC(=O)CCCCCCCCCCCCCCCCCCCCCCCCCCCC/C=C\C/C=C\C/C=C\CCCCCCC)COP(=O)(O)OCCN. The first-order valence-corrected chi connectivity index (χ1v) is 36.6. The molecular weight excluding hydrogens is 1050 g/mol. The van der Waals surface area contributed by atoms with Crippen molar-refractivity contribution in [2.45, 2.75) is 341 Å². The Hall–Kier alpha value is -2.81. The van der Waals surface area contributed by atoms with Crippen molar-refractivity contribution in [3.05, 3.63) is 85.1 Å². The maximum atomic E-state index is 12.7. The minimum Gasteiger partial charge on any atom is -0.462 e. The molecule has 83 heavy (non-hydrogen) atoms. The monoisotopic (exact) mass is 1180 g/mol. The Kier molecular flexibility index (Phi) is 66.0. The van der Waals surface area contributed by atoms with Gasteiger partial charge < -0.3 is 20.1 Å². The van der Waals surface area contributed by atoms with E-state index < -0.39 is 26.5 Å². The molecule has 9 nitrogen and oxygen atoms in total. The second kappa shape index (κ2) is 68.3. The van der Waals surface area contributed by atoms with Crippen molar-refractivity contribution in [3.8, 4) is 0 Å². The highest BCUT2D eigenvalue weighted by atomic mass is 31.2. The van der Waals surface area contributed by atoms with Crippen LogP contribution in [0.5, 0.6) is 0 Å². The molecule has 0 saturated heterocycles. The lowest BCUT2D eigenvalue weighted by molar-refractivity contribution is -0.161. The lowest BCUT2D eigenvalue weighted by Crippen LogP contribution is -2.29. The van der Waals surface area contributed by atoms with Gasteiger partial charge in [-0.2, -0.15) is 0 Å². The summed E-state index contributed by atoms with van der Waals surface area (Å²) in [6, 6.07) is 0. The van der Waals surface area contributed by atoms with Gasteiger partial charge in [0.25, 0.3) is 0 Å². The van der Waals surface area contributed by atoms with Crippen LogP contribution in [0, 0.1) is 0 Å². The van der Waals surface area contributed by atoms with E-state index >= 15 is 0 Å². The average molecular weight is 1180 g/mol. The molecule has 0 aromatic carbocycles. The highest BCUT2D eigenvalue weighted by Gasteiger charge is 2.26. The molecule has 0 bridgehead atoms. The van der Waals surface area contributed by atoms with Crippen LogP contribution in [-0.4, -0.2) is 49.3 Å². The maximum Gasteiger partial charge on any atom is 0.472 e. The lowest BCUT2D eigenvalue weighted by Gasteiger charge is -2.19. The fourth-order valence-electron chi connectivity index (χ4n) is 10.1. The number of allylic oxidation sites excluding steroid dienone is 14. The average Bonchev–Trinajstić information content (AvgIpc) is 3.49. The van der Waals surface area contributed by atoms with Gasteiger partial charge in [0.2, 0.25) is 0 Å². The van der Waals surface area contributed by atoms with Crippen LogP contribution in [0.1, 0.15) is 335 Å². The highest BCUT2D eigenvalue weighted by molar-refractivity contribution is 7.47. The first-order valence-electron chi connectivity index (χ1n) is 35.1. The van der Waals surface area contributed by atoms with Crippen molar-refractivity contribution < 1.29 is 37.6 Å². The summed E-state index contributed by atoms with van der Waals surface area (Å²) in [4.78, 5) is 35.3. The van der Waals surface area contributed by atoms with Gasteiger partial charge in [0.15, 0.2) is 6.10 Å². The lowest BCUT2D eigenvalue weighted by atomic mass is 10.0. The molecule has 482 valence electrons. The van der Waals surface area contributed by atoms with Crippen LogP contribution >= 0.6 is 7.82 Å². The predicted molar refractivity (Wildman–Crippen MR) is 358 cm³/mol. The number of rotatable bonds is 66. The topological polar surface area (TPSA) is 134 Å². The third-order valence-electron chi connectivity index (χ3n) is 15.3. The zero-order valence-corrected chi connectivity index (χ0v) is 55.1. The molecule has 0 aromatic rings. The minimum atomic E-state index is -4.40. The van der Waals surface area contributed by atoms with Gasteiger partial charge in [-0.1, -0.05) is 317 Å². The van der Waals surface area contributed by atoms with Gasteiger partial charge in [-0.25, -0.2) is 4.57 Å². The number of hydrogen-bond donors (Lipinski definition) is 2. The molecule has 0 heterocycles. The molecule has 0 fully saturated rings. The zero-order valence-electron chi connectivity index (χ0n) is 54.2. The first-order chi connectivity index (χ1) is 40.8. The van der Waals surface area contributed by atoms with Crippen molar-refractivity contribution in [1.82, 2.24) is 0 Å². The molecule has 0 aliphatic heterocycles. The van der Waals surface area contributed by atoms with E-state index in [2.05, 4.69) is 98.9 Å². The van der Waals surface area contributed by atoms with E-state index in [1.165, 1.54) is 218 Å². The van der Waals surface area contributed by atoms with Gasteiger partial charge in [0.05, 0.1) is 13.2 Å². The second-order valence-electron chi connectivity index (χ2n) is 23.4. The van der Waals surface area contributed by atoms with Gasteiger partial charge in [0, 0.05) is 19.4 Å². The zero-order chi connectivity index (χ0) is 60.1. The van der Waals surface area contributed by atoms with Crippen molar-refractivity contribution in [3.63, 3.8) is 0 Å². The standard InChI is InChI=1S/C73H132NO8P/c1-3-5-7-9-11-13-15-17-19-21-23-25-26-27-28-29-30-31-32-33-34-35-36-37-38-39-40-41-42-43-44-46-47-49-51-53-55-57-59-61-63-65-72(75)79-69-71(70-81-83(77,78)80-68-67-74)82-73(76)66-64-62-60-58-56-54-52-50-48-45-24-22-20-18-16-14-12-10-8-6-4-2/h6,8,12,14-15,17-18,20-21,23-24,26-27,45,71H,3-5,7,9-11,13,16,19,22,25,28-44,46-70,74H2,1-2H3,(H,77,78)/b8-6-,14-12-,17-15-,20-18-,23-21-,27-26-,45-24-. The Bertz CT molecular complexity index is 1640. The number of hydrogen-bond acceptors (Lipinski definition) is 8. The molecule has 2 unspecified atom stereocenters. The van der Waals surface area contributed by atoms with E-state index in [-0.39, 0.29) is 38.6 Å².